The Labute approximate surface area is 194 Å². The molecule has 0 atom stereocenters. The van der Waals surface area contributed by atoms with Crippen LogP contribution in [0, 0.1) is 13.8 Å². The molecule has 4 rings (SSSR count). The van der Waals surface area contributed by atoms with E-state index in [1.165, 1.54) is 4.90 Å². The molecule has 168 valence electrons. The van der Waals surface area contributed by atoms with Crippen LogP contribution in [-0.4, -0.2) is 54.4 Å². The van der Waals surface area contributed by atoms with E-state index in [4.69, 9.17) is 17.0 Å². The van der Waals surface area contributed by atoms with Crippen LogP contribution in [-0.2, 0) is 11.3 Å². The Hall–Kier alpha value is -2.74. The van der Waals surface area contributed by atoms with Gasteiger partial charge in [0.1, 0.15) is 13.1 Å². The number of nitrogens with zero attached hydrogens (tertiary/aromatic N) is 1. The van der Waals surface area contributed by atoms with Gasteiger partial charge in [-0.05, 0) is 61.5 Å². The summed E-state index contributed by atoms with van der Waals surface area (Å²) < 4.78 is 5.49. The molecule has 2 heterocycles. The topological polar surface area (TPSA) is 61.8 Å². The Morgan fingerprint density at radius 1 is 1.16 bits per heavy atom. The van der Waals surface area contributed by atoms with Gasteiger partial charge < -0.3 is 24.8 Å². The number of quaternary nitrogens is 1. The van der Waals surface area contributed by atoms with Crippen LogP contribution in [0.5, 0.6) is 0 Å². The zero-order valence-corrected chi connectivity index (χ0v) is 19.6. The average Bonchev–Trinajstić information content (AvgIpc) is 2.78. The number of pyridine rings is 1. The molecule has 32 heavy (non-hydrogen) atoms. The summed E-state index contributed by atoms with van der Waals surface area (Å²) in [5, 5.41) is 5.04. The van der Waals surface area contributed by atoms with Crippen LogP contribution in [0.15, 0.2) is 53.3 Å². The van der Waals surface area contributed by atoms with E-state index in [-0.39, 0.29) is 5.56 Å². The van der Waals surface area contributed by atoms with Crippen LogP contribution < -0.4 is 15.8 Å². The molecule has 0 aliphatic carbocycles. The van der Waals surface area contributed by atoms with E-state index >= 15 is 0 Å². The fraction of sp³-hybridized carbons (Fsp3) is 0.360. The summed E-state index contributed by atoms with van der Waals surface area (Å²) in [6.45, 7) is 9.89. The minimum absolute atomic E-state index is 0.0614. The molecule has 1 aliphatic rings. The number of nitrogens with one attached hydrogen (secondary N) is 3. The van der Waals surface area contributed by atoms with Crippen LogP contribution in [0.4, 0.5) is 5.69 Å². The number of rotatable bonds is 6. The highest BCUT2D eigenvalue weighted by Gasteiger charge is 2.19. The molecule has 3 N–H and O–H groups in total. The molecular formula is C25H31N4O2S+. The molecule has 0 spiro atoms. The maximum atomic E-state index is 12.9. The number of para-hydroxylation sites is 1. The van der Waals surface area contributed by atoms with Crippen molar-refractivity contribution in [2.75, 3.05) is 44.7 Å². The molecule has 0 amide bonds. The summed E-state index contributed by atoms with van der Waals surface area (Å²) >= 11 is 5.77. The molecule has 7 heteroatoms. The van der Waals surface area contributed by atoms with Gasteiger partial charge in [0.15, 0.2) is 5.11 Å². The number of thiocarbonyl (C=S) groups is 1. The first-order chi connectivity index (χ1) is 15.5. The zero-order chi connectivity index (χ0) is 22.5. The molecule has 1 aliphatic heterocycles. The van der Waals surface area contributed by atoms with Crippen molar-refractivity contribution in [2.45, 2.75) is 20.4 Å². The van der Waals surface area contributed by atoms with Gasteiger partial charge in [-0.1, -0.05) is 24.3 Å². The van der Waals surface area contributed by atoms with E-state index in [0.717, 1.165) is 72.7 Å². The Bertz CT molecular complexity index is 1140. The molecule has 1 saturated heterocycles. The van der Waals surface area contributed by atoms with Crippen molar-refractivity contribution >= 4 is 33.9 Å². The van der Waals surface area contributed by atoms with E-state index in [9.17, 15) is 4.79 Å². The number of morpholine rings is 1. The molecule has 3 aromatic rings. The summed E-state index contributed by atoms with van der Waals surface area (Å²) in [5.41, 5.74) is 4.78. The van der Waals surface area contributed by atoms with E-state index in [0.29, 0.717) is 11.7 Å². The number of hydrogen-bond acceptors (Lipinski definition) is 3. The minimum atomic E-state index is -0.0614. The first-order valence-electron chi connectivity index (χ1n) is 11.1. The second kappa shape index (κ2) is 10.3. The van der Waals surface area contributed by atoms with Gasteiger partial charge in [-0.2, -0.15) is 0 Å². The van der Waals surface area contributed by atoms with E-state index in [1.54, 1.807) is 0 Å². The first kappa shape index (κ1) is 22.5. The lowest BCUT2D eigenvalue weighted by Gasteiger charge is -2.29. The van der Waals surface area contributed by atoms with Crippen LogP contribution >= 0.6 is 12.2 Å². The number of ether oxygens (including phenoxy) is 1. The Balaban J connectivity index is 1.57. The van der Waals surface area contributed by atoms with Crippen LogP contribution in [0.2, 0.25) is 0 Å². The fourth-order valence-corrected chi connectivity index (χ4v) is 4.49. The third kappa shape index (κ3) is 5.54. The molecule has 1 aromatic heterocycles. The van der Waals surface area contributed by atoms with Crippen molar-refractivity contribution < 1.29 is 9.64 Å². The smallest absolute Gasteiger partial charge is 0.253 e. The van der Waals surface area contributed by atoms with Gasteiger partial charge in [0.25, 0.3) is 5.56 Å². The lowest BCUT2D eigenvalue weighted by molar-refractivity contribution is -0.907. The minimum Gasteiger partial charge on any atom is -0.370 e. The standard InChI is InChI=1S/C25H30N4O2S/c1-18-14-19(2)22-16-20(24(30)27-23(22)15-18)17-29(9-8-28-10-12-31-13-11-28)25(32)26-21-6-4-3-5-7-21/h3-7,14-16H,8-13,17H2,1-2H3,(H,26,32)(H,27,30)/p+1. The normalized spacial score (nSPS) is 14.4. The molecule has 2 aromatic carbocycles. The van der Waals surface area contributed by atoms with Gasteiger partial charge in [0.2, 0.25) is 0 Å². The van der Waals surface area contributed by atoms with Gasteiger partial charge in [-0.15, -0.1) is 0 Å². The van der Waals surface area contributed by atoms with Gasteiger partial charge in [0, 0.05) is 22.2 Å². The predicted molar refractivity (Wildman–Crippen MR) is 133 cm³/mol. The predicted octanol–water partition coefficient (Wildman–Crippen LogP) is 2.26. The number of H-pyrrole nitrogens is 1. The molecule has 0 unspecified atom stereocenters. The molecule has 0 radical (unpaired) electrons. The monoisotopic (exact) mass is 451 g/mol. The Kier molecular flexibility index (Phi) is 7.19. The summed E-state index contributed by atoms with van der Waals surface area (Å²) in [6.07, 6.45) is 0. The molecule has 6 nitrogen and oxygen atoms in total. The number of hydrogen-bond donors (Lipinski definition) is 3. The van der Waals surface area contributed by atoms with Crippen molar-refractivity contribution in [2.24, 2.45) is 0 Å². The van der Waals surface area contributed by atoms with E-state index in [1.807, 2.05) is 49.4 Å². The highest BCUT2D eigenvalue weighted by atomic mass is 32.1. The van der Waals surface area contributed by atoms with Crippen molar-refractivity contribution in [1.82, 2.24) is 9.88 Å². The van der Waals surface area contributed by atoms with Crippen LogP contribution in [0.3, 0.4) is 0 Å². The van der Waals surface area contributed by atoms with Gasteiger partial charge >= 0.3 is 0 Å². The summed E-state index contributed by atoms with van der Waals surface area (Å²) in [5.74, 6) is 0. The van der Waals surface area contributed by atoms with Crippen LogP contribution in [0.1, 0.15) is 16.7 Å². The van der Waals surface area contributed by atoms with E-state index in [2.05, 4.69) is 28.2 Å². The number of fused-ring (bicyclic) bond motifs is 1. The summed E-state index contributed by atoms with van der Waals surface area (Å²) in [4.78, 5) is 19.6. The fourth-order valence-electron chi connectivity index (χ4n) is 4.22. The largest absolute Gasteiger partial charge is 0.370 e. The van der Waals surface area contributed by atoms with Crippen LogP contribution in [0.25, 0.3) is 10.9 Å². The average molecular weight is 452 g/mol. The zero-order valence-electron chi connectivity index (χ0n) is 18.7. The highest BCUT2D eigenvalue weighted by Crippen LogP contribution is 2.19. The third-order valence-corrected chi connectivity index (χ3v) is 6.36. The number of anilines is 1. The van der Waals surface area contributed by atoms with Gasteiger partial charge in [0.05, 0.1) is 32.8 Å². The number of aromatic amines is 1. The second-order valence-corrected chi connectivity index (χ2v) is 8.88. The van der Waals surface area contributed by atoms with Gasteiger partial charge in [-0.25, -0.2) is 0 Å². The third-order valence-electron chi connectivity index (χ3n) is 6.00. The molecule has 0 bridgehead atoms. The second-order valence-electron chi connectivity index (χ2n) is 8.50. The van der Waals surface area contributed by atoms with Crippen molar-refractivity contribution in [3.63, 3.8) is 0 Å². The lowest BCUT2D eigenvalue weighted by atomic mass is 10.0. The summed E-state index contributed by atoms with van der Waals surface area (Å²) in [6, 6.07) is 16.1. The van der Waals surface area contributed by atoms with Crippen molar-refractivity contribution in [3.05, 3.63) is 75.6 Å². The molecular weight excluding hydrogens is 420 g/mol. The Morgan fingerprint density at radius 3 is 2.66 bits per heavy atom. The number of aryl methyl sites for hydroxylation is 2. The van der Waals surface area contributed by atoms with Gasteiger partial charge in [-0.3, -0.25) is 4.79 Å². The Morgan fingerprint density at radius 2 is 1.91 bits per heavy atom. The lowest BCUT2D eigenvalue weighted by Crippen LogP contribution is -3.14. The number of aromatic nitrogens is 1. The highest BCUT2D eigenvalue weighted by molar-refractivity contribution is 7.80. The maximum absolute atomic E-state index is 12.9. The summed E-state index contributed by atoms with van der Waals surface area (Å²) in [7, 11) is 0. The first-order valence-corrected chi connectivity index (χ1v) is 11.6. The SMILES string of the molecule is Cc1cc(C)c2cc(CN(CC[NH+]3CCOCC3)C(=S)Nc3ccccc3)c(=O)[nH]c2c1. The number of benzene rings is 2. The molecule has 1 fully saturated rings. The van der Waals surface area contributed by atoms with Crippen molar-refractivity contribution in [1.29, 1.82) is 0 Å². The quantitative estimate of drug-likeness (QED) is 0.502. The maximum Gasteiger partial charge on any atom is 0.253 e. The molecule has 0 saturated carbocycles. The van der Waals surface area contributed by atoms with Crippen molar-refractivity contribution in [3.8, 4) is 0 Å². The van der Waals surface area contributed by atoms with E-state index < -0.39 is 0 Å².